The lowest BCUT2D eigenvalue weighted by molar-refractivity contribution is -0.128. The Morgan fingerprint density at radius 2 is 2.05 bits per heavy atom. The van der Waals surface area contributed by atoms with Gasteiger partial charge in [0.05, 0.1) is 0 Å². The number of hydrogen-bond acceptors (Lipinski definition) is 3. The van der Waals surface area contributed by atoms with E-state index in [1.165, 1.54) is 5.57 Å². The van der Waals surface area contributed by atoms with E-state index < -0.39 is 5.41 Å². The van der Waals surface area contributed by atoms with Gasteiger partial charge in [0.15, 0.2) is 0 Å². The number of amides is 2. The van der Waals surface area contributed by atoms with E-state index in [0.717, 1.165) is 19.5 Å². The summed E-state index contributed by atoms with van der Waals surface area (Å²) in [5, 5.41) is 8.87. The molecule has 0 spiro atoms. The summed E-state index contributed by atoms with van der Waals surface area (Å²) in [5.41, 5.74) is 0.863. The van der Waals surface area contributed by atoms with E-state index in [1.807, 2.05) is 20.8 Å². The van der Waals surface area contributed by atoms with Gasteiger partial charge in [0.2, 0.25) is 11.8 Å². The van der Waals surface area contributed by atoms with Crippen LogP contribution in [0, 0.1) is 5.41 Å². The van der Waals surface area contributed by atoms with E-state index in [-0.39, 0.29) is 11.8 Å². The minimum absolute atomic E-state index is 0.0198. The summed E-state index contributed by atoms with van der Waals surface area (Å²) in [5.74, 6) is -0.0463. The zero-order valence-corrected chi connectivity index (χ0v) is 12.1. The fourth-order valence-corrected chi connectivity index (χ4v) is 1.69. The molecule has 19 heavy (non-hydrogen) atoms. The van der Waals surface area contributed by atoms with Crippen molar-refractivity contribution in [2.24, 2.45) is 5.41 Å². The second kappa shape index (κ2) is 7.28. The van der Waals surface area contributed by atoms with E-state index in [0.29, 0.717) is 19.5 Å². The monoisotopic (exact) mass is 267 g/mol. The predicted octanol–water partition coefficient (Wildman–Crippen LogP) is 0.575. The first-order valence-corrected chi connectivity index (χ1v) is 6.83. The largest absolute Gasteiger partial charge is 0.355 e. The first-order chi connectivity index (χ1) is 8.89. The van der Waals surface area contributed by atoms with Gasteiger partial charge >= 0.3 is 0 Å². The molecule has 2 amide bonds. The molecule has 0 aromatic heterocycles. The Hall–Kier alpha value is -1.36. The zero-order chi connectivity index (χ0) is 14.3. The molecular formula is C14H25N3O2. The molecular weight excluding hydrogens is 242 g/mol. The van der Waals surface area contributed by atoms with Gasteiger partial charge in [0.25, 0.3) is 0 Å². The Kier molecular flexibility index (Phi) is 6.02. The Labute approximate surface area is 115 Å². The SMILES string of the molecule is CC(C)(C)C(=O)NCCC(=O)NCC1=CCNCC1. The predicted molar refractivity (Wildman–Crippen MR) is 75.7 cm³/mol. The van der Waals surface area contributed by atoms with Crippen molar-refractivity contribution in [3.8, 4) is 0 Å². The van der Waals surface area contributed by atoms with Gasteiger partial charge in [-0.2, -0.15) is 0 Å². The van der Waals surface area contributed by atoms with Gasteiger partial charge in [0, 0.05) is 31.5 Å². The van der Waals surface area contributed by atoms with Crippen LogP contribution in [0.5, 0.6) is 0 Å². The number of carbonyl (C=O) groups excluding carboxylic acids is 2. The van der Waals surface area contributed by atoms with E-state index in [2.05, 4.69) is 22.0 Å². The fraction of sp³-hybridized carbons (Fsp3) is 0.714. The Morgan fingerprint density at radius 1 is 1.32 bits per heavy atom. The molecule has 3 N–H and O–H groups in total. The van der Waals surface area contributed by atoms with Crippen LogP contribution in [-0.4, -0.2) is 38.0 Å². The lowest BCUT2D eigenvalue weighted by atomic mass is 9.96. The van der Waals surface area contributed by atoms with E-state index in [4.69, 9.17) is 0 Å². The van der Waals surface area contributed by atoms with Crippen molar-refractivity contribution in [2.45, 2.75) is 33.6 Å². The van der Waals surface area contributed by atoms with Gasteiger partial charge in [-0.3, -0.25) is 9.59 Å². The standard InChI is InChI=1S/C14H25N3O2/c1-14(2,3)13(19)16-9-6-12(18)17-10-11-4-7-15-8-5-11/h4,15H,5-10H2,1-3H3,(H,16,19)(H,17,18). The van der Waals surface area contributed by atoms with Gasteiger partial charge in [0.1, 0.15) is 0 Å². The van der Waals surface area contributed by atoms with Crippen molar-refractivity contribution in [1.29, 1.82) is 0 Å². The van der Waals surface area contributed by atoms with E-state index >= 15 is 0 Å². The van der Waals surface area contributed by atoms with Crippen LogP contribution < -0.4 is 16.0 Å². The maximum absolute atomic E-state index is 11.6. The maximum atomic E-state index is 11.6. The fourth-order valence-electron chi connectivity index (χ4n) is 1.69. The molecule has 0 aromatic carbocycles. The molecule has 0 atom stereocenters. The summed E-state index contributed by atoms with van der Waals surface area (Å²) in [7, 11) is 0. The number of rotatable bonds is 5. The molecule has 0 unspecified atom stereocenters. The highest BCUT2D eigenvalue weighted by molar-refractivity contribution is 5.82. The summed E-state index contributed by atoms with van der Waals surface area (Å²) >= 11 is 0. The minimum atomic E-state index is -0.406. The molecule has 0 saturated carbocycles. The molecule has 108 valence electrons. The summed E-state index contributed by atoms with van der Waals surface area (Å²) in [4.78, 5) is 23.2. The van der Waals surface area contributed by atoms with Crippen LogP contribution in [-0.2, 0) is 9.59 Å². The van der Waals surface area contributed by atoms with Gasteiger partial charge in [-0.1, -0.05) is 32.4 Å². The van der Waals surface area contributed by atoms with Crippen molar-refractivity contribution in [3.05, 3.63) is 11.6 Å². The van der Waals surface area contributed by atoms with Crippen molar-refractivity contribution < 1.29 is 9.59 Å². The molecule has 1 aliphatic heterocycles. The van der Waals surface area contributed by atoms with Gasteiger partial charge < -0.3 is 16.0 Å². The van der Waals surface area contributed by atoms with Crippen LogP contribution in [0.25, 0.3) is 0 Å². The van der Waals surface area contributed by atoms with Crippen molar-refractivity contribution in [2.75, 3.05) is 26.2 Å². The van der Waals surface area contributed by atoms with Crippen LogP contribution in [0.3, 0.4) is 0 Å². The molecule has 0 aliphatic carbocycles. The third-order valence-corrected chi connectivity index (χ3v) is 2.99. The van der Waals surface area contributed by atoms with E-state index in [1.54, 1.807) is 0 Å². The first-order valence-electron chi connectivity index (χ1n) is 6.83. The highest BCUT2D eigenvalue weighted by Gasteiger charge is 2.20. The Bertz CT molecular complexity index is 356. The smallest absolute Gasteiger partial charge is 0.225 e. The number of carbonyl (C=O) groups is 2. The summed E-state index contributed by atoms with van der Waals surface area (Å²) in [6.07, 6.45) is 3.43. The second-order valence-electron chi connectivity index (χ2n) is 5.85. The molecule has 0 radical (unpaired) electrons. The van der Waals surface area contributed by atoms with Gasteiger partial charge in [-0.05, 0) is 13.0 Å². The molecule has 0 fully saturated rings. The highest BCUT2D eigenvalue weighted by Crippen LogP contribution is 2.12. The van der Waals surface area contributed by atoms with Crippen LogP contribution in [0.4, 0.5) is 0 Å². The lowest BCUT2D eigenvalue weighted by Gasteiger charge is -2.17. The third-order valence-electron chi connectivity index (χ3n) is 2.99. The Morgan fingerprint density at radius 3 is 2.63 bits per heavy atom. The van der Waals surface area contributed by atoms with Crippen molar-refractivity contribution in [1.82, 2.24) is 16.0 Å². The summed E-state index contributed by atoms with van der Waals surface area (Å²) in [6.45, 7) is 8.43. The highest BCUT2D eigenvalue weighted by atomic mass is 16.2. The summed E-state index contributed by atoms with van der Waals surface area (Å²) in [6, 6.07) is 0. The lowest BCUT2D eigenvalue weighted by Crippen LogP contribution is -2.37. The second-order valence-corrected chi connectivity index (χ2v) is 5.85. The quantitative estimate of drug-likeness (QED) is 0.638. The van der Waals surface area contributed by atoms with Crippen molar-refractivity contribution in [3.63, 3.8) is 0 Å². The van der Waals surface area contributed by atoms with Gasteiger partial charge in [-0.15, -0.1) is 0 Å². The molecule has 1 heterocycles. The van der Waals surface area contributed by atoms with E-state index in [9.17, 15) is 9.59 Å². The van der Waals surface area contributed by atoms with Crippen LogP contribution >= 0.6 is 0 Å². The minimum Gasteiger partial charge on any atom is -0.355 e. The summed E-state index contributed by atoms with van der Waals surface area (Å²) < 4.78 is 0. The average molecular weight is 267 g/mol. The van der Waals surface area contributed by atoms with Crippen LogP contribution in [0.15, 0.2) is 11.6 Å². The molecule has 1 aliphatic rings. The topological polar surface area (TPSA) is 70.2 Å². The molecule has 0 saturated heterocycles. The molecule has 5 heteroatoms. The molecule has 5 nitrogen and oxygen atoms in total. The number of hydrogen-bond donors (Lipinski definition) is 3. The molecule has 0 bridgehead atoms. The Balaban J connectivity index is 2.14. The van der Waals surface area contributed by atoms with Crippen LogP contribution in [0.1, 0.15) is 33.6 Å². The third kappa shape index (κ3) is 6.38. The molecule has 1 rings (SSSR count). The van der Waals surface area contributed by atoms with Gasteiger partial charge in [-0.25, -0.2) is 0 Å². The molecule has 0 aromatic rings. The van der Waals surface area contributed by atoms with Crippen LogP contribution in [0.2, 0.25) is 0 Å². The average Bonchev–Trinajstić information content (AvgIpc) is 2.36. The number of nitrogens with one attached hydrogen (secondary N) is 3. The first kappa shape index (κ1) is 15.7. The normalized spacial score (nSPS) is 15.6. The maximum Gasteiger partial charge on any atom is 0.225 e. The zero-order valence-electron chi connectivity index (χ0n) is 12.1. The van der Waals surface area contributed by atoms with Crippen molar-refractivity contribution >= 4 is 11.8 Å².